The molecule has 15 nitrogen and oxygen atoms in total. The van der Waals surface area contributed by atoms with Gasteiger partial charge in [-0.15, -0.1) is 0 Å². The topological polar surface area (TPSA) is 221 Å². The average molecular weight is 778 g/mol. The number of amides is 1. The summed E-state index contributed by atoms with van der Waals surface area (Å²) >= 11 is 0. The van der Waals surface area contributed by atoms with Crippen molar-refractivity contribution in [3.05, 3.63) is 82.9 Å². The molecule has 3 fully saturated rings. The highest BCUT2D eigenvalue weighted by atomic mass is 16.6. The number of rotatable bonds is 9. The minimum Gasteiger partial charge on any atom is -0.456 e. The molecule has 2 saturated carbocycles. The van der Waals surface area contributed by atoms with E-state index in [0.717, 1.165) is 13.8 Å². The molecule has 300 valence electrons. The summed E-state index contributed by atoms with van der Waals surface area (Å²) in [5, 5.41) is 39.1. The second-order valence-electron chi connectivity index (χ2n) is 15.9. The average Bonchev–Trinajstić information content (AvgIpc) is 3.25. The Kier molecular flexibility index (Phi) is 10.6. The van der Waals surface area contributed by atoms with Crippen molar-refractivity contribution in [2.45, 2.75) is 109 Å². The Bertz CT molecular complexity index is 1960. The Balaban J connectivity index is 1.50. The van der Waals surface area contributed by atoms with E-state index in [9.17, 15) is 39.3 Å². The van der Waals surface area contributed by atoms with E-state index < -0.39 is 113 Å². The Labute approximate surface area is 323 Å². The van der Waals surface area contributed by atoms with Crippen LogP contribution in [-0.2, 0) is 42.9 Å². The van der Waals surface area contributed by atoms with Crippen LogP contribution in [0.1, 0.15) is 75.6 Å². The second kappa shape index (κ2) is 14.5. The van der Waals surface area contributed by atoms with E-state index in [2.05, 4.69) is 5.32 Å². The summed E-state index contributed by atoms with van der Waals surface area (Å²) in [5.74, 6) is -6.79. The lowest BCUT2D eigenvalue weighted by Crippen LogP contribution is -2.73. The van der Waals surface area contributed by atoms with Gasteiger partial charge in [-0.3, -0.25) is 19.2 Å². The maximum absolute atomic E-state index is 15.2. The molecular formula is C41H47NO14. The third-order valence-electron chi connectivity index (χ3n) is 12.2. The van der Waals surface area contributed by atoms with Crippen molar-refractivity contribution in [2.24, 2.45) is 16.7 Å². The molecule has 0 aromatic heterocycles. The summed E-state index contributed by atoms with van der Waals surface area (Å²) in [4.78, 5) is 81.3. The first-order chi connectivity index (χ1) is 26.2. The number of hydrogen-bond donors (Lipinski definition) is 4. The summed E-state index contributed by atoms with van der Waals surface area (Å²) in [6, 6.07) is 14.8. The molecule has 0 radical (unpaired) electrons. The number of Topliss-reactive ketones (excluding diaryl/α,β-unsaturated/α-hetero) is 1. The van der Waals surface area contributed by atoms with E-state index in [4.69, 9.17) is 23.7 Å². The Morgan fingerprint density at radius 1 is 0.893 bits per heavy atom. The number of ether oxygens (including phenoxy) is 5. The number of benzene rings is 2. The molecule has 2 aromatic rings. The van der Waals surface area contributed by atoms with Gasteiger partial charge in [-0.25, -0.2) is 9.59 Å². The number of carbonyl (C=O) groups is 6. The summed E-state index contributed by atoms with van der Waals surface area (Å²) in [7, 11) is 0. The molecule has 2 bridgehead atoms. The van der Waals surface area contributed by atoms with Crippen molar-refractivity contribution in [1.82, 2.24) is 5.32 Å². The molecule has 1 aliphatic heterocycles. The van der Waals surface area contributed by atoms with Gasteiger partial charge in [0.25, 0.3) is 5.91 Å². The molecule has 4 aliphatic rings. The predicted octanol–water partition coefficient (Wildman–Crippen LogP) is 1.99. The van der Waals surface area contributed by atoms with Gasteiger partial charge in [0.2, 0.25) is 0 Å². The summed E-state index contributed by atoms with van der Waals surface area (Å²) in [6.45, 7) is 9.21. The third kappa shape index (κ3) is 6.30. The molecular weight excluding hydrogens is 730 g/mol. The molecule has 56 heavy (non-hydrogen) atoms. The van der Waals surface area contributed by atoms with E-state index in [1.807, 2.05) is 0 Å². The van der Waals surface area contributed by atoms with Crippen molar-refractivity contribution in [3.8, 4) is 0 Å². The number of hydrogen-bond acceptors (Lipinski definition) is 14. The molecule has 0 spiro atoms. The fourth-order valence-corrected chi connectivity index (χ4v) is 9.25. The van der Waals surface area contributed by atoms with Crippen molar-refractivity contribution in [1.29, 1.82) is 0 Å². The van der Waals surface area contributed by atoms with Crippen LogP contribution in [0.15, 0.2) is 71.8 Å². The highest BCUT2D eigenvalue weighted by Crippen LogP contribution is 2.66. The zero-order valence-electron chi connectivity index (χ0n) is 32.1. The van der Waals surface area contributed by atoms with Gasteiger partial charge >= 0.3 is 23.9 Å². The van der Waals surface area contributed by atoms with Crippen molar-refractivity contribution in [3.63, 3.8) is 0 Å². The molecule has 2 aromatic carbocycles. The highest BCUT2D eigenvalue weighted by molar-refractivity contribution is 5.96. The van der Waals surface area contributed by atoms with Crippen LogP contribution in [0, 0.1) is 16.7 Å². The minimum absolute atomic E-state index is 0.00138. The van der Waals surface area contributed by atoms with Gasteiger partial charge in [0, 0.05) is 31.2 Å². The lowest BCUT2D eigenvalue weighted by atomic mass is 9.50. The number of ketones is 1. The number of esters is 4. The maximum atomic E-state index is 15.2. The van der Waals surface area contributed by atoms with Crippen molar-refractivity contribution >= 4 is 35.6 Å². The van der Waals surface area contributed by atoms with E-state index >= 15 is 4.79 Å². The van der Waals surface area contributed by atoms with Crippen LogP contribution >= 0.6 is 0 Å². The lowest BCUT2D eigenvalue weighted by Gasteiger charge is -2.60. The van der Waals surface area contributed by atoms with Crippen LogP contribution in [0.3, 0.4) is 0 Å². The van der Waals surface area contributed by atoms with Crippen LogP contribution in [0.4, 0.5) is 0 Å². The molecule has 11 atom stereocenters. The minimum atomic E-state index is -2.35. The fraction of sp³-hybridized carbons (Fsp3) is 0.512. The monoisotopic (exact) mass is 777 g/mol. The SMILES string of the molecule is CC(=O)O[C@H]1C(=O)[C@@]2(C)C(C(OC(=O)c3ccccc3)[C@]3(O)C[C@H](OC(=O)[C@H](O)[C@H](C)NC(=O)c4ccccc4)C(C)=C1C3(C)C)[C@]1(OC(C)=O)COC1[C@@H]2O. The molecule has 3 unspecified atom stereocenters. The standard InChI is InChI=1S/C41H47NO14/c1-20-26(54-37(50)28(45)21(2)42-35(48)24-14-10-8-11-15-24)18-41(51)33(55-36(49)25-16-12-9-13-17-25)30-39(7,32(47)34-40(30,19-52-34)56-23(4)44)31(46)29(53-22(3)43)27(20)38(41,5)6/h8-17,21,26,28-30,32-34,45,47,51H,18-19H2,1-7H3,(H,42,48)/t21-,26-,28+,29+,30?,32-,33?,34?,39+,40+,41+/m0/s1. The number of aliphatic hydroxyl groups is 3. The predicted molar refractivity (Wildman–Crippen MR) is 193 cm³/mol. The Hall–Kier alpha value is -4.96. The largest absolute Gasteiger partial charge is 0.456 e. The zero-order chi connectivity index (χ0) is 41.1. The van der Waals surface area contributed by atoms with Crippen LogP contribution in [0.25, 0.3) is 0 Å². The third-order valence-corrected chi connectivity index (χ3v) is 12.2. The van der Waals surface area contributed by atoms with Crippen molar-refractivity contribution < 1.29 is 67.8 Å². The molecule has 1 amide bonds. The molecule has 4 N–H and O–H groups in total. The summed E-state index contributed by atoms with van der Waals surface area (Å²) in [5.41, 5.74) is -7.34. The van der Waals surface area contributed by atoms with Crippen LogP contribution in [0.2, 0.25) is 0 Å². The van der Waals surface area contributed by atoms with Gasteiger partial charge in [0.15, 0.2) is 23.6 Å². The van der Waals surface area contributed by atoms with E-state index in [1.54, 1.807) is 62.4 Å². The maximum Gasteiger partial charge on any atom is 0.338 e. The smallest absolute Gasteiger partial charge is 0.338 e. The normalized spacial score (nSPS) is 33.9. The zero-order valence-corrected chi connectivity index (χ0v) is 32.1. The molecule has 1 saturated heterocycles. The fourth-order valence-electron chi connectivity index (χ4n) is 9.25. The highest BCUT2D eigenvalue weighted by Gasteiger charge is 2.82. The van der Waals surface area contributed by atoms with Gasteiger partial charge in [0.1, 0.15) is 23.9 Å². The Morgan fingerprint density at radius 3 is 2.02 bits per heavy atom. The molecule has 1 heterocycles. The van der Waals surface area contributed by atoms with Gasteiger partial charge in [0.05, 0.1) is 35.6 Å². The first-order valence-corrected chi connectivity index (χ1v) is 18.4. The number of nitrogens with one attached hydrogen (secondary N) is 1. The van der Waals surface area contributed by atoms with E-state index in [-0.39, 0.29) is 28.9 Å². The molecule has 15 heteroatoms. The van der Waals surface area contributed by atoms with Gasteiger partial charge in [-0.1, -0.05) is 50.2 Å². The number of carbonyl (C=O) groups excluding carboxylic acids is 6. The van der Waals surface area contributed by atoms with Gasteiger partial charge in [-0.2, -0.15) is 0 Å². The van der Waals surface area contributed by atoms with E-state index in [1.165, 1.54) is 32.9 Å². The van der Waals surface area contributed by atoms with Crippen LogP contribution < -0.4 is 5.32 Å². The lowest BCUT2D eigenvalue weighted by molar-refractivity contribution is -0.288. The first kappa shape index (κ1) is 40.7. The number of fused-ring (bicyclic) bond motifs is 5. The van der Waals surface area contributed by atoms with Gasteiger partial charge < -0.3 is 44.3 Å². The molecule has 6 rings (SSSR count). The van der Waals surface area contributed by atoms with Crippen LogP contribution in [-0.4, -0.2) is 111 Å². The van der Waals surface area contributed by atoms with Gasteiger partial charge in [-0.05, 0) is 56.2 Å². The first-order valence-electron chi connectivity index (χ1n) is 18.4. The summed E-state index contributed by atoms with van der Waals surface area (Å²) < 4.78 is 29.6. The second-order valence-corrected chi connectivity index (χ2v) is 15.9. The number of aliphatic hydroxyl groups excluding tert-OH is 2. The van der Waals surface area contributed by atoms with E-state index in [0.29, 0.717) is 0 Å². The summed E-state index contributed by atoms with van der Waals surface area (Å²) in [6.07, 6.45) is -10.5. The Morgan fingerprint density at radius 2 is 1.48 bits per heavy atom. The molecule has 3 aliphatic carbocycles. The quantitative estimate of drug-likeness (QED) is 0.163. The van der Waals surface area contributed by atoms with Crippen molar-refractivity contribution in [2.75, 3.05) is 6.61 Å². The van der Waals surface area contributed by atoms with Crippen LogP contribution in [0.5, 0.6) is 0 Å².